The van der Waals surface area contributed by atoms with E-state index in [9.17, 15) is 14.3 Å². The molecule has 0 aliphatic carbocycles. The lowest BCUT2D eigenvalue weighted by Crippen LogP contribution is -2.26. The van der Waals surface area contributed by atoms with Gasteiger partial charge in [-0.25, -0.2) is 9.37 Å². The molecule has 1 saturated heterocycles. The molecular weight excluding hydrogens is 309 g/mol. The van der Waals surface area contributed by atoms with E-state index in [1.54, 1.807) is 32.3 Å². The van der Waals surface area contributed by atoms with E-state index in [1.165, 1.54) is 23.2 Å². The number of benzene rings is 1. The van der Waals surface area contributed by atoms with Gasteiger partial charge in [0, 0.05) is 26.8 Å². The summed E-state index contributed by atoms with van der Waals surface area (Å²) < 4.78 is 13.5. The van der Waals surface area contributed by atoms with E-state index < -0.39 is 6.10 Å². The van der Waals surface area contributed by atoms with Gasteiger partial charge in [-0.1, -0.05) is 12.1 Å². The Bertz CT molecular complexity index is 733. The van der Waals surface area contributed by atoms with Crippen molar-refractivity contribution in [1.82, 2.24) is 9.88 Å². The van der Waals surface area contributed by atoms with Gasteiger partial charge in [-0.2, -0.15) is 0 Å². The zero-order valence-corrected chi connectivity index (χ0v) is 13.7. The minimum Gasteiger partial charge on any atom is -0.391 e. The van der Waals surface area contributed by atoms with Gasteiger partial charge in [0.2, 0.25) is 0 Å². The SMILES string of the molecule is CN(C)C(=O)c1ccc(N2C[C@@H](O)C[C@@H]2c2cccc(F)c2)nc1. The first-order valence-corrected chi connectivity index (χ1v) is 7.83. The molecule has 2 heterocycles. The van der Waals surface area contributed by atoms with Crippen LogP contribution in [0.25, 0.3) is 0 Å². The number of hydrogen-bond acceptors (Lipinski definition) is 4. The first-order chi connectivity index (χ1) is 11.5. The van der Waals surface area contributed by atoms with Crippen molar-refractivity contribution < 1.29 is 14.3 Å². The Morgan fingerprint density at radius 2 is 2.12 bits per heavy atom. The molecule has 1 aliphatic heterocycles. The van der Waals surface area contributed by atoms with Gasteiger partial charge in [0.1, 0.15) is 11.6 Å². The van der Waals surface area contributed by atoms with Gasteiger partial charge in [-0.3, -0.25) is 4.79 Å². The number of nitrogens with zero attached hydrogens (tertiary/aromatic N) is 3. The van der Waals surface area contributed by atoms with Gasteiger partial charge in [0.25, 0.3) is 5.91 Å². The third kappa shape index (κ3) is 3.23. The fraction of sp³-hybridized carbons (Fsp3) is 0.333. The van der Waals surface area contributed by atoms with Crippen molar-refractivity contribution in [3.63, 3.8) is 0 Å². The third-order valence-corrected chi connectivity index (χ3v) is 4.21. The second-order valence-corrected chi connectivity index (χ2v) is 6.22. The van der Waals surface area contributed by atoms with Gasteiger partial charge in [0.05, 0.1) is 17.7 Å². The number of carbonyl (C=O) groups is 1. The molecule has 126 valence electrons. The van der Waals surface area contributed by atoms with Crippen LogP contribution >= 0.6 is 0 Å². The lowest BCUT2D eigenvalue weighted by atomic mass is 10.0. The van der Waals surface area contributed by atoms with Crippen LogP contribution in [0.5, 0.6) is 0 Å². The van der Waals surface area contributed by atoms with E-state index in [1.807, 2.05) is 11.0 Å². The Labute approximate surface area is 140 Å². The van der Waals surface area contributed by atoms with E-state index in [2.05, 4.69) is 4.98 Å². The predicted molar refractivity (Wildman–Crippen MR) is 89.4 cm³/mol. The Kier molecular flexibility index (Phi) is 4.49. The van der Waals surface area contributed by atoms with Crippen molar-refractivity contribution in [2.24, 2.45) is 0 Å². The average Bonchev–Trinajstić information content (AvgIpc) is 2.96. The molecule has 0 spiro atoms. The molecule has 1 fully saturated rings. The summed E-state index contributed by atoms with van der Waals surface area (Å²) in [5.74, 6) is 0.252. The molecule has 2 aromatic rings. The monoisotopic (exact) mass is 329 g/mol. The number of aromatic nitrogens is 1. The lowest BCUT2D eigenvalue weighted by Gasteiger charge is -2.26. The quantitative estimate of drug-likeness (QED) is 0.938. The molecule has 0 saturated carbocycles. The van der Waals surface area contributed by atoms with Crippen molar-refractivity contribution in [3.8, 4) is 0 Å². The summed E-state index contributed by atoms with van der Waals surface area (Å²) in [7, 11) is 3.38. The first-order valence-electron chi connectivity index (χ1n) is 7.83. The Balaban J connectivity index is 1.88. The van der Waals surface area contributed by atoms with Crippen molar-refractivity contribution in [2.75, 3.05) is 25.5 Å². The van der Waals surface area contributed by atoms with Crippen LogP contribution in [0.1, 0.15) is 28.4 Å². The first kappa shape index (κ1) is 16.4. The number of rotatable bonds is 3. The maximum atomic E-state index is 13.5. The molecule has 1 amide bonds. The summed E-state index contributed by atoms with van der Waals surface area (Å²) in [6, 6.07) is 9.75. The highest BCUT2D eigenvalue weighted by Gasteiger charge is 2.33. The number of amides is 1. The number of hydrogen-bond donors (Lipinski definition) is 1. The predicted octanol–water partition coefficient (Wildman–Crippen LogP) is 2.23. The van der Waals surface area contributed by atoms with E-state index in [0.717, 1.165) is 5.56 Å². The fourth-order valence-corrected chi connectivity index (χ4v) is 3.04. The minimum absolute atomic E-state index is 0.114. The van der Waals surface area contributed by atoms with Crippen LogP contribution < -0.4 is 4.90 Å². The molecule has 3 rings (SSSR count). The van der Waals surface area contributed by atoms with Crippen molar-refractivity contribution >= 4 is 11.7 Å². The van der Waals surface area contributed by atoms with Crippen LogP contribution in [0.2, 0.25) is 0 Å². The minimum atomic E-state index is -0.497. The summed E-state index contributed by atoms with van der Waals surface area (Å²) >= 11 is 0. The van der Waals surface area contributed by atoms with Crippen molar-refractivity contribution in [1.29, 1.82) is 0 Å². The number of aliphatic hydroxyl groups is 1. The van der Waals surface area contributed by atoms with Gasteiger partial charge in [-0.05, 0) is 36.2 Å². The largest absolute Gasteiger partial charge is 0.391 e. The molecule has 0 unspecified atom stereocenters. The zero-order valence-electron chi connectivity index (χ0n) is 13.7. The molecule has 24 heavy (non-hydrogen) atoms. The molecule has 0 radical (unpaired) electrons. The summed E-state index contributed by atoms with van der Waals surface area (Å²) in [5.41, 5.74) is 1.31. The molecule has 5 nitrogen and oxygen atoms in total. The number of β-amino-alcohol motifs (C(OH)–C–C–N with tert-alkyl or cyclic N) is 1. The molecule has 0 bridgehead atoms. The highest BCUT2D eigenvalue weighted by atomic mass is 19.1. The van der Waals surface area contributed by atoms with E-state index in [4.69, 9.17) is 0 Å². The topological polar surface area (TPSA) is 56.7 Å². The number of pyridine rings is 1. The molecular formula is C18H20FN3O2. The number of aliphatic hydroxyl groups excluding tert-OH is 1. The van der Waals surface area contributed by atoms with Crippen LogP contribution in [0.3, 0.4) is 0 Å². The second-order valence-electron chi connectivity index (χ2n) is 6.22. The van der Waals surface area contributed by atoms with Crippen molar-refractivity contribution in [3.05, 3.63) is 59.5 Å². The standard InChI is InChI=1S/C18H20FN3O2/c1-21(2)18(24)13-6-7-17(20-10-13)22-11-15(23)9-16(22)12-4-3-5-14(19)8-12/h3-8,10,15-16,23H,9,11H2,1-2H3/t15-,16+/m0/s1. The molecule has 6 heteroatoms. The third-order valence-electron chi connectivity index (χ3n) is 4.21. The molecule has 1 aliphatic rings. The van der Waals surface area contributed by atoms with E-state index in [0.29, 0.717) is 24.3 Å². The summed E-state index contributed by atoms with van der Waals surface area (Å²) in [6.07, 6.45) is 1.55. The number of halogens is 1. The highest BCUT2D eigenvalue weighted by Crippen LogP contribution is 2.35. The van der Waals surface area contributed by atoms with Crippen LogP contribution in [-0.4, -0.2) is 47.6 Å². The number of anilines is 1. The molecule has 2 atom stereocenters. The highest BCUT2D eigenvalue weighted by molar-refractivity contribution is 5.93. The summed E-state index contributed by atoms with van der Waals surface area (Å²) in [5, 5.41) is 10.1. The van der Waals surface area contributed by atoms with Gasteiger partial charge in [0.15, 0.2) is 0 Å². The van der Waals surface area contributed by atoms with E-state index >= 15 is 0 Å². The van der Waals surface area contributed by atoms with Gasteiger partial charge in [-0.15, -0.1) is 0 Å². The average molecular weight is 329 g/mol. The van der Waals surface area contributed by atoms with Crippen LogP contribution in [0.4, 0.5) is 10.2 Å². The molecule has 1 N–H and O–H groups in total. The lowest BCUT2D eigenvalue weighted by molar-refractivity contribution is 0.0827. The zero-order chi connectivity index (χ0) is 17.3. The summed E-state index contributed by atoms with van der Waals surface area (Å²) in [4.78, 5) is 19.8. The van der Waals surface area contributed by atoms with Crippen LogP contribution in [0.15, 0.2) is 42.6 Å². The van der Waals surface area contributed by atoms with Gasteiger partial charge >= 0.3 is 0 Å². The molecule has 1 aromatic carbocycles. The fourth-order valence-electron chi connectivity index (χ4n) is 3.04. The maximum Gasteiger partial charge on any atom is 0.254 e. The smallest absolute Gasteiger partial charge is 0.254 e. The Morgan fingerprint density at radius 1 is 1.33 bits per heavy atom. The van der Waals surface area contributed by atoms with Gasteiger partial charge < -0.3 is 14.9 Å². The molecule has 1 aromatic heterocycles. The summed E-state index contributed by atoms with van der Waals surface area (Å²) in [6.45, 7) is 0.426. The Morgan fingerprint density at radius 3 is 2.75 bits per heavy atom. The van der Waals surface area contributed by atoms with Crippen molar-refractivity contribution in [2.45, 2.75) is 18.6 Å². The van der Waals surface area contributed by atoms with Crippen LogP contribution in [0, 0.1) is 5.82 Å². The van der Waals surface area contributed by atoms with E-state index in [-0.39, 0.29) is 17.8 Å². The maximum absolute atomic E-state index is 13.5. The second kappa shape index (κ2) is 6.57. The Hall–Kier alpha value is -2.47. The van der Waals surface area contributed by atoms with Crippen LogP contribution in [-0.2, 0) is 0 Å². The number of carbonyl (C=O) groups excluding carboxylic acids is 1. The normalized spacial score (nSPS) is 20.2.